The summed E-state index contributed by atoms with van der Waals surface area (Å²) in [7, 11) is 0. The van der Waals surface area contributed by atoms with Crippen LogP contribution in [0.25, 0.3) is 6.20 Å². The maximum absolute atomic E-state index is 11.6. The van der Waals surface area contributed by atoms with E-state index in [1.807, 2.05) is 53.6 Å². The van der Waals surface area contributed by atoms with E-state index in [9.17, 15) is 9.90 Å². The second kappa shape index (κ2) is 4.21. The first-order valence-electron chi connectivity index (χ1n) is 6.52. The molecule has 2 aromatic rings. The Bertz CT molecular complexity index is 902. The molecule has 2 aliphatic rings. The molecular weight excluding hydrogens is 266 g/mol. The number of amides is 1. The summed E-state index contributed by atoms with van der Waals surface area (Å²) in [6.07, 6.45) is 2.49. The molecule has 102 valence electrons. The van der Waals surface area contributed by atoms with E-state index in [0.717, 1.165) is 16.3 Å². The van der Waals surface area contributed by atoms with E-state index in [2.05, 4.69) is 4.99 Å². The number of carboxylic acid groups (broad SMARTS) is 1. The summed E-state index contributed by atoms with van der Waals surface area (Å²) >= 11 is 0. The molecule has 0 spiro atoms. The topological polar surface area (TPSA) is 56.1 Å². The predicted molar refractivity (Wildman–Crippen MR) is 79.2 cm³/mol. The Hall–Kier alpha value is -3.08. The lowest BCUT2D eigenvalue weighted by Crippen LogP contribution is -2.31. The number of benzene rings is 2. The summed E-state index contributed by atoms with van der Waals surface area (Å²) in [6, 6.07) is 15.1. The Balaban J connectivity index is 2.03. The molecule has 2 aromatic carbocycles. The van der Waals surface area contributed by atoms with Crippen LogP contribution in [0.2, 0.25) is 0 Å². The van der Waals surface area contributed by atoms with E-state index >= 15 is 0 Å². The van der Waals surface area contributed by atoms with Crippen LogP contribution < -0.4 is 20.4 Å². The summed E-state index contributed by atoms with van der Waals surface area (Å²) in [5.41, 5.74) is 1.47. The lowest BCUT2D eigenvalue weighted by Gasteiger charge is -2.17. The van der Waals surface area contributed by atoms with Crippen LogP contribution in [0.15, 0.2) is 65.5 Å². The molecule has 0 saturated heterocycles. The van der Waals surface area contributed by atoms with Crippen molar-refractivity contribution in [2.45, 2.75) is 0 Å². The highest BCUT2D eigenvalue weighted by molar-refractivity contribution is 6.02. The van der Waals surface area contributed by atoms with Crippen LogP contribution >= 0.6 is 0 Å². The van der Waals surface area contributed by atoms with Crippen molar-refractivity contribution in [3.8, 4) is 0 Å². The number of rotatable bonds is 0. The van der Waals surface area contributed by atoms with Gasteiger partial charge in [-0.2, -0.15) is 0 Å². The molecule has 0 aliphatic carbocycles. The largest absolute Gasteiger partial charge is 0.464 e. The molecule has 0 unspecified atom stereocenters. The molecule has 0 saturated carbocycles. The van der Waals surface area contributed by atoms with Gasteiger partial charge in [-0.25, -0.2) is 9.69 Å². The Morgan fingerprint density at radius 3 is 2.52 bits per heavy atom. The number of carbonyl (C=O) groups is 1. The van der Waals surface area contributed by atoms with Crippen LogP contribution in [0.4, 0.5) is 16.2 Å². The van der Waals surface area contributed by atoms with Gasteiger partial charge in [-0.05, 0) is 18.2 Å². The van der Waals surface area contributed by atoms with Gasteiger partial charge < -0.3 is 5.11 Å². The maximum atomic E-state index is 11.6. The van der Waals surface area contributed by atoms with Crippen molar-refractivity contribution < 1.29 is 9.90 Å². The van der Waals surface area contributed by atoms with Gasteiger partial charge in [-0.1, -0.05) is 30.3 Å². The molecule has 1 N–H and O–H groups in total. The Labute approximate surface area is 120 Å². The predicted octanol–water partition coefficient (Wildman–Crippen LogP) is 1.86. The molecule has 0 bridgehead atoms. The maximum Gasteiger partial charge on any atom is 0.417 e. The second-order valence-corrected chi connectivity index (χ2v) is 4.78. The first-order chi connectivity index (χ1) is 10.3. The molecule has 4 rings (SSSR count). The highest BCUT2D eigenvalue weighted by Gasteiger charge is 2.34. The van der Waals surface area contributed by atoms with E-state index in [0.29, 0.717) is 11.5 Å². The first kappa shape index (κ1) is 11.7. The molecule has 0 aromatic heterocycles. The highest BCUT2D eigenvalue weighted by Crippen LogP contribution is 2.41. The Morgan fingerprint density at radius 1 is 1.00 bits per heavy atom. The summed E-state index contributed by atoms with van der Waals surface area (Å²) in [5, 5.41) is 11.3. The van der Waals surface area contributed by atoms with Gasteiger partial charge in [0.25, 0.3) is 0 Å². The van der Waals surface area contributed by atoms with Gasteiger partial charge in [0.05, 0.1) is 22.9 Å². The smallest absolute Gasteiger partial charge is 0.417 e. The average molecular weight is 277 g/mol. The third-order valence-corrected chi connectivity index (χ3v) is 3.57. The van der Waals surface area contributed by atoms with Gasteiger partial charge in [0.2, 0.25) is 0 Å². The fraction of sp³-hybridized carbons (Fsp3) is 0. The molecule has 5 nitrogen and oxygen atoms in total. The van der Waals surface area contributed by atoms with Gasteiger partial charge in [0.1, 0.15) is 5.82 Å². The zero-order valence-electron chi connectivity index (χ0n) is 11.0. The van der Waals surface area contributed by atoms with E-state index in [1.165, 1.54) is 4.90 Å². The first-order valence-corrected chi connectivity index (χ1v) is 6.52. The van der Waals surface area contributed by atoms with Crippen molar-refractivity contribution in [3.05, 3.63) is 71.1 Å². The zero-order chi connectivity index (χ0) is 14.4. The molecule has 1 amide bonds. The van der Waals surface area contributed by atoms with Crippen LogP contribution in [0.1, 0.15) is 0 Å². The molecule has 2 heterocycles. The van der Waals surface area contributed by atoms with E-state index in [1.54, 1.807) is 12.3 Å². The van der Waals surface area contributed by atoms with Gasteiger partial charge in [-0.3, -0.25) is 9.89 Å². The minimum absolute atomic E-state index is 0.514. The number of hydrogen-bond donors (Lipinski definition) is 1. The Kier molecular flexibility index (Phi) is 2.35. The van der Waals surface area contributed by atoms with Crippen LogP contribution in [0, 0.1) is 0 Å². The standard InChI is InChI=1S/C16H11N3O2/c20-16(21)19-14-8-4-3-7-13(14)18-10-11-5-1-2-6-12(11)17-9-15(18)19/h1-10H,(H,20,21). The normalized spacial score (nSPS) is 15.0. The van der Waals surface area contributed by atoms with Crippen molar-refractivity contribution in [1.29, 1.82) is 0 Å². The lowest BCUT2D eigenvalue weighted by atomic mass is 10.2. The second-order valence-electron chi connectivity index (χ2n) is 4.78. The van der Waals surface area contributed by atoms with Crippen LogP contribution in [0.5, 0.6) is 0 Å². The minimum Gasteiger partial charge on any atom is -0.464 e. The third kappa shape index (κ3) is 1.64. The number of hydrogen-bond acceptors (Lipinski definition) is 3. The summed E-state index contributed by atoms with van der Waals surface area (Å²) in [6.45, 7) is 0. The van der Waals surface area contributed by atoms with E-state index in [4.69, 9.17) is 0 Å². The summed E-state index contributed by atoms with van der Waals surface area (Å²) < 4.78 is 0. The van der Waals surface area contributed by atoms with Crippen molar-refractivity contribution in [2.24, 2.45) is 4.99 Å². The number of fused-ring (bicyclic) bond motifs is 4. The molecular formula is C16H11N3O2. The van der Waals surface area contributed by atoms with Crippen molar-refractivity contribution in [1.82, 2.24) is 0 Å². The zero-order valence-corrected chi connectivity index (χ0v) is 11.0. The monoisotopic (exact) mass is 277 g/mol. The summed E-state index contributed by atoms with van der Waals surface area (Å²) in [4.78, 5) is 19.1. The molecule has 0 radical (unpaired) electrons. The minimum atomic E-state index is -1.02. The molecule has 21 heavy (non-hydrogen) atoms. The van der Waals surface area contributed by atoms with Crippen molar-refractivity contribution >= 4 is 23.7 Å². The fourth-order valence-corrected chi connectivity index (χ4v) is 2.65. The lowest BCUT2D eigenvalue weighted by molar-refractivity contribution is 0.204. The number of anilines is 2. The van der Waals surface area contributed by atoms with Gasteiger partial charge in [-0.15, -0.1) is 0 Å². The van der Waals surface area contributed by atoms with Gasteiger partial charge >= 0.3 is 6.09 Å². The Morgan fingerprint density at radius 2 is 1.71 bits per heavy atom. The van der Waals surface area contributed by atoms with Crippen LogP contribution in [-0.4, -0.2) is 11.2 Å². The number of nitrogens with zero attached hydrogens (tertiary/aromatic N) is 3. The van der Waals surface area contributed by atoms with Crippen LogP contribution in [0.3, 0.4) is 0 Å². The third-order valence-electron chi connectivity index (χ3n) is 3.57. The number of para-hydroxylation sites is 3. The van der Waals surface area contributed by atoms with Crippen molar-refractivity contribution in [3.63, 3.8) is 0 Å². The molecule has 2 aliphatic heterocycles. The molecule has 0 atom stereocenters. The van der Waals surface area contributed by atoms with E-state index in [-0.39, 0.29) is 0 Å². The molecule has 5 heteroatoms. The quantitative estimate of drug-likeness (QED) is 0.799. The SMILES string of the molecule is O=C(O)N1C2=CN=c3ccccc3=CN2c2ccccc21. The average Bonchev–Trinajstić information content (AvgIpc) is 2.68. The van der Waals surface area contributed by atoms with Gasteiger partial charge in [0, 0.05) is 11.4 Å². The fourth-order valence-electron chi connectivity index (χ4n) is 2.65. The molecule has 0 fully saturated rings. The highest BCUT2D eigenvalue weighted by atomic mass is 16.4. The van der Waals surface area contributed by atoms with Gasteiger partial charge in [0.15, 0.2) is 0 Å². The van der Waals surface area contributed by atoms with Crippen LogP contribution in [-0.2, 0) is 0 Å². The van der Waals surface area contributed by atoms with E-state index < -0.39 is 6.09 Å². The summed E-state index contributed by atoms with van der Waals surface area (Å²) in [5.74, 6) is 0.514. The van der Waals surface area contributed by atoms with Crippen molar-refractivity contribution in [2.75, 3.05) is 9.80 Å².